The molecular formula is C59H60F4N8O8S2. The molecule has 2 aromatic heterocycles. The summed E-state index contributed by atoms with van der Waals surface area (Å²) < 4.78 is 61.5. The van der Waals surface area contributed by atoms with E-state index in [0.29, 0.717) is 28.7 Å². The molecule has 1 unspecified atom stereocenters. The van der Waals surface area contributed by atoms with Crippen molar-refractivity contribution in [2.75, 3.05) is 13.1 Å². The summed E-state index contributed by atoms with van der Waals surface area (Å²) in [5.41, 5.74) is 7.23. The molecule has 6 aromatic rings. The molecule has 81 heavy (non-hydrogen) atoms. The third kappa shape index (κ3) is 11.5. The number of aromatic nitrogens is 2. The number of thiazole rings is 2. The van der Waals surface area contributed by atoms with E-state index in [1.54, 1.807) is 55.8 Å². The Morgan fingerprint density at radius 3 is 1.83 bits per heavy atom. The van der Waals surface area contributed by atoms with Crippen LogP contribution in [0.4, 0.5) is 17.6 Å². The van der Waals surface area contributed by atoms with Crippen LogP contribution >= 0.6 is 22.7 Å². The maximum atomic E-state index is 15.1. The number of nitrogens with one attached hydrogen (secondary N) is 2. The van der Waals surface area contributed by atoms with Crippen molar-refractivity contribution in [3.63, 3.8) is 0 Å². The van der Waals surface area contributed by atoms with Crippen LogP contribution in [0.3, 0.4) is 0 Å². The quantitative estimate of drug-likeness (QED) is 0.0747. The van der Waals surface area contributed by atoms with Crippen molar-refractivity contribution in [1.29, 1.82) is 0 Å². The van der Waals surface area contributed by atoms with Gasteiger partial charge in [-0.05, 0) is 76.4 Å². The predicted octanol–water partition coefficient (Wildman–Crippen LogP) is 8.39. The second kappa shape index (κ2) is 23.1. The Bertz CT molecular complexity index is 3390. The predicted molar refractivity (Wildman–Crippen MR) is 294 cm³/mol. The molecular weight excluding hydrogens is 1090 g/mol. The lowest BCUT2D eigenvalue weighted by molar-refractivity contribution is -0.143. The van der Waals surface area contributed by atoms with Crippen LogP contribution in [0.5, 0.6) is 5.75 Å². The molecule has 10 rings (SSSR count). The first-order valence-electron chi connectivity index (χ1n) is 26.8. The van der Waals surface area contributed by atoms with Crippen LogP contribution in [0.1, 0.15) is 101 Å². The molecule has 6 amide bonds. The average Bonchev–Trinajstić information content (AvgIpc) is 4.48. The van der Waals surface area contributed by atoms with Gasteiger partial charge in [0.1, 0.15) is 41.8 Å². The van der Waals surface area contributed by atoms with E-state index in [0.717, 1.165) is 38.5 Å². The van der Waals surface area contributed by atoms with Crippen LogP contribution in [0, 0.1) is 24.6 Å². The molecule has 4 aliphatic heterocycles. The first-order valence-corrected chi connectivity index (χ1v) is 28.6. The van der Waals surface area contributed by atoms with Gasteiger partial charge in [0, 0.05) is 56.7 Å². The highest BCUT2D eigenvalue weighted by Gasteiger charge is 2.49. The van der Waals surface area contributed by atoms with Gasteiger partial charge in [-0.15, -0.1) is 22.7 Å². The van der Waals surface area contributed by atoms with E-state index in [1.807, 2.05) is 45.0 Å². The minimum Gasteiger partial charge on any atom is -0.488 e. The lowest BCUT2D eigenvalue weighted by Gasteiger charge is -2.36. The number of hydrogen-bond acceptors (Lipinski definition) is 12. The smallest absolute Gasteiger partial charge is 0.434 e. The van der Waals surface area contributed by atoms with E-state index < -0.39 is 95.4 Å². The number of amides is 6. The summed E-state index contributed by atoms with van der Waals surface area (Å²) in [5, 5.41) is 16.7. The summed E-state index contributed by atoms with van der Waals surface area (Å²) in [5.74, 6) is -3.99. The van der Waals surface area contributed by atoms with Crippen LogP contribution in [-0.4, -0.2) is 120 Å². The summed E-state index contributed by atoms with van der Waals surface area (Å²) in [6.07, 6.45) is -5.87. The van der Waals surface area contributed by atoms with E-state index >= 15 is 4.79 Å². The number of halogens is 4. The topological polar surface area (TPSA) is 195 Å². The second-order valence-electron chi connectivity index (χ2n) is 21.5. The minimum absolute atomic E-state index is 0.00961. The summed E-state index contributed by atoms with van der Waals surface area (Å²) in [7, 11) is 0. The molecule has 0 bridgehead atoms. The maximum absolute atomic E-state index is 15.1. The summed E-state index contributed by atoms with van der Waals surface area (Å²) in [6, 6.07) is 18.8. The Kier molecular flexibility index (Phi) is 16.2. The summed E-state index contributed by atoms with van der Waals surface area (Å²) in [4.78, 5) is 101. The van der Waals surface area contributed by atoms with Crippen molar-refractivity contribution in [2.24, 2.45) is 11.8 Å². The van der Waals surface area contributed by atoms with Crippen LogP contribution in [0.2, 0.25) is 0 Å². The van der Waals surface area contributed by atoms with Crippen molar-refractivity contribution in [3.05, 3.63) is 147 Å². The Morgan fingerprint density at radius 2 is 1.25 bits per heavy atom. The highest BCUT2D eigenvalue weighted by molar-refractivity contribution is 7.13. The van der Waals surface area contributed by atoms with Gasteiger partial charge in [0.15, 0.2) is 5.69 Å². The molecule has 4 aromatic carbocycles. The minimum atomic E-state index is -4.62. The molecule has 424 valence electrons. The van der Waals surface area contributed by atoms with Gasteiger partial charge in [0.05, 0.1) is 39.1 Å². The SMILES string of the molecule is CC[C@H](C)C(C(=O)N1C[C@H](Oc2ccc3c(c2)C(=O)N([C@H](C(=O)N2C[C@H](O)C[C@H]2C(=O)NCc2ccc(-c4scnc4C(F)(F)F)cc2)C(C)C)C3)C[C@H]1C(=O)NCc1ccc(-c2scnc2C)cc1)N1Cc2ccc(F)cc2C1=O. The van der Waals surface area contributed by atoms with Gasteiger partial charge >= 0.3 is 6.18 Å². The Morgan fingerprint density at radius 1 is 0.716 bits per heavy atom. The lowest BCUT2D eigenvalue weighted by Crippen LogP contribution is -2.55. The Labute approximate surface area is 473 Å². The first-order chi connectivity index (χ1) is 38.7. The van der Waals surface area contributed by atoms with E-state index in [9.17, 15) is 46.6 Å². The third-order valence-corrected chi connectivity index (χ3v) is 17.6. The molecule has 6 heterocycles. The highest BCUT2D eigenvalue weighted by atomic mass is 32.1. The zero-order valence-corrected chi connectivity index (χ0v) is 46.7. The number of aliphatic hydroxyl groups excluding tert-OH is 1. The number of aliphatic hydroxyl groups is 1. The van der Waals surface area contributed by atoms with E-state index in [4.69, 9.17) is 4.74 Å². The first kappa shape index (κ1) is 56.7. The number of alkyl halides is 3. The van der Waals surface area contributed by atoms with Gasteiger partial charge in [0.2, 0.25) is 23.6 Å². The number of likely N-dealkylation sites (tertiary alicyclic amines) is 2. The Hall–Kier alpha value is -7.56. The van der Waals surface area contributed by atoms with Crippen molar-refractivity contribution in [2.45, 2.75) is 123 Å². The van der Waals surface area contributed by atoms with Gasteiger partial charge < -0.3 is 40.1 Å². The number of carbonyl (C=O) groups is 6. The number of nitrogens with zero attached hydrogens (tertiary/aromatic N) is 6. The average molecular weight is 1150 g/mol. The normalized spacial score (nSPS) is 19.9. The van der Waals surface area contributed by atoms with Crippen molar-refractivity contribution in [3.8, 4) is 26.6 Å². The zero-order valence-electron chi connectivity index (χ0n) is 45.0. The lowest BCUT2D eigenvalue weighted by atomic mass is 9.95. The molecule has 2 saturated heterocycles. The molecule has 0 aliphatic carbocycles. The van der Waals surface area contributed by atoms with Gasteiger partial charge in [-0.3, -0.25) is 28.8 Å². The van der Waals surface area contributed by atoms with Gasteiger partial charge in [-0.2, -0.15) is 13.2 Å². The number of aryl methyl sites for hydroxylation is 1. The van der Waals surface area contributed by atoms with Crippen LogP contribution in [0.15, 0.2) is 96.0 Å². The number of β-amino-alcohol motifs (C(OH)–C–C–N with tert-alkyl or cyclic N) is 1. The van der Waals surface area contributed by atoms with E-state index in [1.165, 1.54) is 55.2 Å². The summed E-state index contributed by atoms with van der Waals surface area (Å²) in [6.45, 7) is 9.38. The molecule has 0 spiro atoms. The molecule has 0 radical (unpaired) electrons. The fourth-order valence-electron chi connectivity index (χ4n) is 11.4. The number of hydrogen-bond donors (Lipinski definition) is 3. The van der Waals surface area contributed by atoms with Crippen LogP contribution in [-0.2, 0) is 51.5 Å². The molecule has 16 nitrogen and oxygen atoms in total. The van der Waals surface area contributed by atoms with E-state index in [2.05, 4.69) is 20.6 Å². The van der Waals surface area contributed by atoms with E-state index in [-0.39, 0.29) is 79.8 Å². The zero-order chi connectivity index (χ0) is 57.6. The number of carbonyl (C=O) groups excluding carboxylic acids is 6. The summed E-state index contributed by atoms with van der Waals surface area (Å²) >= 11 is 2.40. The van der Waals surface area contributed by atoms with Crippen molar-refractivity contribution < 1.29 is 56.2 Å². The van der Waals surface area contributed by atoms with Gasteiger partial charge in [-0.25, -0.2) is 14.4 Å². The van der Waals surface area contributed by atoms with Crippen molar-refractivity contribution in [1.82, 2.24) is 40.2 Å². The highest BCUT2D eigenvalue weighted by Crippen LogP contribution is 2.40. The standard InChI is InChI=1S/C59H60F4N8O8S2/c1-6-32(4)49(71-26-38-15-17-40(60)19-44(38)55(71)75)58(78)69-28-43(22-47(69)54(74)65-24-34-7-11-36(12-8-34)50-33(5)66-29-80-50)79-42-18-16-39-25-70(56(76)45(39)21-42)48(31(2)3)57(77)68-27-41(72)20-46(68)53(73)64-23-35-9-13-37(14-10-35)51-52(59(61,62)63)67-30-81-51/h7-19,21,29-32,41,43,46-49,72H,6,20,22-28H2,1-5H3,(H,64,73)(H,65,74)/t32-,41+,43+,46-,47-,48-,49?/m0/s1. The number of ether oxygens (including phenoxy) is 1. The Balaban J connectivity index is 0.831. The molecule has 22 heteroatoms. The van der Waals surface area contributed by atoms with Crippen LogP contribution < -0.4 is 15.4 Å². The second-order valence-corrected chi connectivity index (χ2v) is 23.2. The van der Waals surface area contributed by atoms with Crippen LogP contribution in [0.25, 0.3) is 20.9 Å². The molecule has 7 atom stereocenters. The number of rotatable bonds is 17. The monoisotopic (exact) mass is 1150 g/mol. The molecule has 2 fully saturated rings. The molecule has 4 aliphatic rings. The fraction of sp³-hybridized carbons (Fsp3) is 0.390. The largest absolute Gasteiger partial charge is 0.488 e. The number of benzene rings is 4. The third-order valence-electron chi connectivity index (χ3n) is 15.8. The fourth-order valence-corrected chi connectivity index (χ4v) is 13.0. The molecule has 3 N–H and O–H groups in total. The van der Waals surface area contributed by atoms with Gasteiger partial charge in [0.25, 0.3) is 11.8 Å². The maximum Gasteiger partial charge on any atom is 0.434 e. The van der Waals surface area contributed by atoms with Crippen molar-refractivity contribution >= 4 is 58.1 Å². The number of fused-ring (bicyclic) bond motifs is 2. The van der Waals surface area contributed by atoms with Gasteiger partial charge in [-0.1, -0.05) is 94.8 Å². The molecule has 0 saturated carbocycles.